The second-order valence-electron chi connectivity index (χ2n) is 4.55. The lowest BCUT2D eigenvalue weighted by atomic mass is 10.1. The highest BCUT2D eigenvalue weighted by atomic mass is 32.2. The predicted octanol–water partition coefficient (Wildman–Crippen LogP) is 3.45. The Hall–Kier alpha value is -2.56. The molecule has 0 bridgehead atoms. The fraction of sp³-hybridized carbons (Fsp3) is 0.0667. The predicted molar refractivity (Wildman–Crippen MR) is 84.6 cm³/mol. The molecule has 1 heterocycles. The van der Waals surface area contributed by atoms with Crippen molar-refractivity contribution < 1.29 is 8.42 Å². The first-order chi connectivity index (χ1) is 10.6. The van der Waals surface area contributed by atoms with E-state index >= 15 is 0 Å². The van der Waals surface area contributed by atoms with Crippen LogP contribution in [0.2, 0.25) is 0 Å². The van der Waals surface area contributed by atoms with Crippen molar-refractivity contribution in [3.63, 3.8) is 0 Å². The monoisotopic (exact) mass is 327 g/mol. The second kappa shape index (κ2) is 6.05. The Morgan fingerprint density at radius 2 is 1.95 bits per heavy atom. The van der Waals surface area contributed by atoms with Crippen molar-refractivity contribution in [3.05, 3.63) is 58.6 Å². The minimum absolute atomic E-state index is 0.371. The Kier molecular flexibility index (Phi) is 3.96. The molecular formula is C15H9N3O2S2. The van der Waals surface area contributed by atoms with Gasteiger partial charge in [-0.05, 0) is 35.9 Å². The van der Waals surface area contributed by atoms with Gasteiger partial charge >= 0.3 is 10.5 Å². The van der Waals surface area contributed by atoms with Crippen molar-refractivity contribution in [1.29, 1.82) is 5.26 Å². The van der Waals surface area contributed by atoms with E-state index in [9.17, 15) is 8.42 Å². The lowest BCUT2D eigenvalue weighted by Crippen LogP contribution is -1.86. The maximum absolute atomic E-state index is 10.6. The highest BCUT2D eigenvalue weighted by Crippen LogP contribution is 2.27. The van der Waals surface area contributed by atoms with Crippen LogP contribution in [0.25, 0.3) is 10.2 Å². The van der Waals surface area contributed by atoms with Gasteiger partial charge in [-0.1, -0.05) is 12.1 Å². The van der Waals surface area contributed by atoms with Crippen molar-refractivity contribution in [2.45, 2.75) is 6.42 Å². The molecule has 0 N–H and O–H groups in total. The molecule has 0 aliphatic heterocycles. The van der Waals surface area contributed by atoms with Gasteiger partial charge in [0.15, 0.2) is 0 Å². The van der Waals surface area contributed by atoms with Gasteiger partial charge in [0.25, 0.3) is 0 Å². The molecule has 2 aromatic carbocycles. The molecule has 0 aliphatic carbocycles. The molecule has 0 aliphatic rings. The molecule has 0 unspecified atom stereocenters. The van der Waals surface area contributed by atoms with Crippen LogP contribution in [0.1, 0.15) is 16.1 Å². The molecule has 0 saturated carbocycles. The standard InChI is InChI=1S/C15H9N3O2S2/c16-9-11-3-1-10(2-4-11)7-15-17-13-8-12(18-22(19)20)5-6-14(13)21-15/h1-6,8H,7H2. The fourth-order valence-electron chi connectivity index (χ4n) is 2.05. The fourth-order valence-corrected chi connectivity index (χ4v) is 3.32. The largest absolute Gasteiger partial charge is 0.316 e. The first kappa shape index (κ1) is 14.4. The van der Waals surface area contributed by atoms with Gasteiger partial charge in [-0.3, -0.25) is 0 Å². The Morgan fingerprint density at radius 3 is 2.64 bits per heavy atom. The van der Waals surface area contributed by atoms with E-state index in [1.54, 1.807) is 35.6 Å². The van der Waals surface area contributed by atoms with Gasteiger partial charge in [-0.15, -0.1) is 15.7 Å². The SMILES string of the molecule is N#Cc1ccc(Cc2nc3cc(N=S(=O)=O)ccc3s2)cc1. The quantitative estimate of drug-likeness (QED) is 0.737. The van der Waals surface area contributed by atoms with Crippen molar-refractivity contribution in [2.24, 2.45) is 4.36 Å². The summed E-state index contributed by atoms with van der Waals surface area (Å²) in [5, 5.41) is 9.72. The third kappa shape index (κ3) is 3.19. The Morgan fingerprint density at radius 1 is 1.18 bits per heavy atom. The number of hydrogen-bond donors (Lipinski definition) is 0. The van der Waals surface area contributed by atoms with Crippen molar-refractivity contribution >= 4 is 37.7 Å². The second-order valence-corrected chi connectivity index (χ2v) is 6.29. The van der Waals surface area contributed by atoms with Gasteiger partial charge < -0.3 is 0 Å². The molecule has 7 heteroatoms. The van der Waals surface area contributed by atoms with Crippen LogP contribution in [-0.2, 0) is 16.9 Å². The van der Waals surface area contributed by atoms with Crippen molar-refractivity contribution in [1.82, 2.24) is 4.98 Å². The summed E-state index contributed by atoms with van der Waals surface area (Å²) in [6.45, 7) is 0. The van der Waals surface area contributed by atoms with Crippen molar-refractivity contribution in [2.75, 3.05) is 0 Å². The summed E-state index contributed by atoms with van der Waals surface area (Å²) in [4.78, 5) is 4.51. The third-order valence-corrected chi connectivity index (χ3v) is 4.43. The van der Waals surface area contributed by atoms with Gasteiger partial charge in [-0.25, -0.2) is 4.98 Å². The number of nitrogens with zero attached hydrogens (tertiary/aromatic N) is 3. The van der Waals surface area contributed by atoms with Gasteiger partial charge in [0.1, 0.15) is 0 Å². The van der Waals surface area contributed by atoms with E-state index in [0.717, 1.165) is 20.8 Å². The Balaban J connectivity index is 1.91. The number of benzene rings is 2. The summed E-state index contributed by atoms with van der Waals surface area (Å²) < 4.78 is 25.7. The molecule has 0 saturated heterocycles. The van der Waals surface area contributed by atoms with E-state index in [-0.39, 0.29) is 0 Å². The molecule has 5 nitrogen and oxygen atoms in total. The Bertz CT molecular complexity index is 1010. The maximum Gasteiger partial charge on any atom is 0.316 e. The molecule has 0 fully saturated rings. The lowest BCUT2D eigenvalue weighted by Gasteiger charge is -1.97. The number of rotatable bonds is 3. The van der Waals surface area contributed by atoms with Gasteiger partial charge in [0.05, 0.1) is 32.5 Å². The first-order valence-corrected chi connectivity index (χ1v) is 8.18. The average Bonchev–Trinajstić information content (AvgIpc) is 2.89. The minimum Gasteiger partial charge on any atom is -0.241 e. The molecule has 0 spiro atoms. The summed E-state index contributed by atoms with van der Waals surface area (Å²) in [5.74, 6) is 0. The highest BCUT2D eigenvalue weighted by molar-refractivity contribution is 7.61. The number of nitriles is 1. The molecule has 22 heavy (non-hydrogen) atoms. The first-order valence-electron chi connectivity index (χ1n) is 6.34. The lowest BCUT2D eigenvalue weighted by molar-refractivity contribution is 0.622. The molecular weight excluding hydrogens is 318 g/mol. The van der Waals surface area contributed by atoms with E-state index in [2.05, 4.69) is 15.4 Å². The van der Waals surface area contributed by atoms with Crippen molar-refractivity contribution in [3.8, 4) is 6.07 Å². The topological polar surface area (TPSA) is 83.2 Å². The molecule has 3 rings (SSSR count). The smallest absolute Gasteiger partial charge is 0.241 e. The van der Waals surface area contributed by atoms with E-state index in [0.29, 0.717) is 17.7 Å². The molecule has 0 amide bonds. The zero-order valence-electron chi connectivity index (χ0n) is 11.2. The zero-order chi connectivity index (χ0) is 15.5. The van der Waals surface area contributed by atoms with Gasteiger partial charge in [0, 0.05) is 6.42 Å². The summed E-state index contributed by atoms with van der Waals surface area (Å²) in [6, 6.07) is 14.6. The third-order valence-electron chi connectivity index (χ3n) is 3.03. The molecule has 0 radical (unpaired) electrons. The summed E-state index contributed by atoms with van der Waals surface area (Å²) >= 11 is 1.56. The van der Waals surface area contributed by atoms with Crippen LogP contribution < -0.4 is 0 Å². The van der Waals surface area contributed by atoms with Crippen LogP contribution in [0.4, 0.5) is 5.69 Å². The van der Waals surface area contributed by atoms with Crippen LogP contribution in [0.3, 0.4) is 0 Å². The molecule has 0 atom stereocenters. The maximum atomic E-state index is 10.6. The molecule has 1 aromatic heterocycles. The van der Waals surface area contributed by atoms with Gasteiger partial charge in [0.2, 0.25) is 0 Å². The van der Waals surface area contributed by atoms with E-state index in [4.69, 9.17) is 5.26 Å². The number of thiazole rings is 1. The van der Waals surface area contributed by atoms with Crippen LogP contribution in [-0.4, -0.2) is 13.4 Å². The minimum atomic E-state index is -2.46. The summed E-state index contributed by atoms with van der Waals surface area (Å²) in [5.41, 5.74) is 2.81. The van der Waals surface area contributed by atoms with Crippen LogP contribution in [0.5, 0.6) is 0 Å². The van der Waals surface area contributed by atoms with Crippen LogP contribution >= 0.6 is 11.3 Å². The number of hydrogen-bond acceptors (Lipinski definition) is 6. The molecule has 108 valence electrons. The summed E-state index contributed by atoms with van der Waals surface area (Å²) in [6.07, 6.45) is 0.672. The average molecular weight is 327 g/mol. The number of aromatic nitrogens is 1. The number of fused-ring (bicyclic) bond motifs is 1. The summed E-state index contributed by atoms with van der Waals surface area (Å²) in [7, 11) is -2.46. The van der Waals surface area contributed by atoms with Gasteiger partial charge in [-0.2, -0.15) is 13.7 Å². The normalized spacial score (nSPS) is 10.3. The zero-order valence-corrected chi connectivity index (χ0v) is 12.9. The van der Waals surface area contributed by atoms with E-state index in [1.807, 2.05) is 18.2 Å². The van der Waals surface area contributed by atoms with Crippen LogP contribution in [0, 0.1) is 11.3 Å². The Labute approximate surface area is 132 Å². The molecule has 3 aromatic rings. The van der Waals surface area contributed by atoms with E-state index < -0.39 is 10.5 Å². The van der Waals surface area contributed by atoms with Crippen LogP contribution in [0.15, 0.2) is 46.8 Å². The van der Waals surface area contributed by atoms with E-state index in [1.165, 1.54) is 0 Å². The highest BCUT2D eigenvalue weighted by Gasteiger charge is 2.06.